The lowest BCUT2D eigenvalue weighted by molar-refractivity contribution is 0.566. The van der Waals surface area contributed by atoms with Crippen molar-refractivity contribution >= 4 is 33.2 Å². The molecule has 0 bridgehead atoms. The Balaban J connectivity index is 2.19. The van der Waals surface area contributed by atoms with E-state index < -0.39 is 16.1 Å². The van der Waals surface area contributed by atoms with Crippen LogP contribution in [0.2, 0.25) is 10.3 Å². The maximum atomic E-state index is 12.1. The van der Waals surface area contributed by atoms with Crippen LogP contribution < -0.4 is 4.72 Å². The van der Waals surface area contributed by atoms with Gasteiger partial charge in [0.1, 0.15) is 4.90 Å². The number of hydrogen-bond donors (Lipinski definition) is 1. The molecule has 0 aliphatic heterocycles. The molecular formula is C12H11Cl2N3O2S. The van der Waals surface area contributed by atoms with E-state index in [4.69, 9.17) is 23.2 Å². The Hall–Kier alpha value is -1.21. The third-order valence-corrected chi connectivity index (χ3v) is 4.55. The van der Waals surface area contributed by atoms with Crippen LogP contribution in [0.1, 0.15) is 18.5 Å². The van der Waals surface area contributed by atoms with Crippen LogP contribution in [-0.4, -0.2) is 18.4 Å². The molecule has 1 N–H and O–H groups in total. The van der Waals surface area contributed by atoms with Crippen molar-refractivity contribution in [3.05, 3.63) is 52.5 Å². The molecule has 0 saturated heterocycles. The number of halogens is 2. The quantitative estimate of drug-likeness (QED) is 0.874. The Morgan fingerprint density at radius 2 is 1.65 bits per heavy atom. The van der Waals surface area contributed by atoms with E-state index >= 15 is 0 Å². The van der Waals surface area contributed by atoms with Crippen LogP contribution in [0.3, 0.4) is 0 Å². The fourth-order valence-corrected chi connectivity index (χ4v) is 2.90. The summed E-state index contributed by atoms with van der Waals surface area (Å²) in [7, 11) is -3.70. The summed E-state index contributed by atoms with van der Waals surface area (Å²) in [5, 5.41) is 0.588. The third kappa shape index (κ3) is 3.67. The minimum Gasteiger partial charge on any atom is -0.225 e. The molecule has 0 aliphatic carbocycles. The van der Waals surface area contributed by atoms with Crippen molar-refractivity contribution in [3.8, 4) is 0 Å². The summed E-state index contributed by atoms with van der Waals surface area (Å²) in [6.45, 7) is 1.73. The first-order valence-corrected chi connectivity index (χ1v) is 7.88. The molecule has 0 amide bonds. The van der Waals surface area contributed by atoms with Crippen LogP contribution in [0.15, 0.2) is 41.6 Å². The number of aromatic nitrogens is 2. The normalized spacial score (nSPS) is 13.2. The highest BCUT2D eigenvalue weighted by Gasteiger charge is 2.19. The molecule has 8 heteroatoms. The van der Waals surface area contributed by atoms with Gasteiger partial charge < -0.3 is 0 Å². The van der Waals surface area contributed by atoms with Gasteiger partial charge >= 0.3 is 0 Å². The highest BCUT2D eigenvalue weighted by Crippen LogP contribution is 2.18. The smallest absolute Gasteiger partial charge is 0.225 e. The predicted octanol–water partition coefficient (Wildman–Crippen LogP) is 2.82. The summed E-state index contributed by atoms with van der Waals surface area (Å²) >= 11 is 11.3. The highest BCUT2D eigenvalue weighted by molar-refractivity contribution is 7.89. The SMILES string of the molecule is CC(NS(=O)(=O)c1cnc(Cl)nc1)c1ccc(Cl)cc1. The number of hydrogen-bond acceptors (Lipinski definition) is 4. The molecule has 0 spiro atoms. The third-order valence-electron chi connectivity index (χ3n) is 2.61. The second-order valence-electron chi connectivity index (χ2n) is 4.08. The first-order chi connectivity index (χ1) is 9.38. The fraction of sp³-hybridized carbons (Fsp3) is 0.167. The monoisotopic (exact) mass is 331 g/mol. The molecule has 1 heterocycles. The number of rotatable bonds is 4. The first kappa shape index (κ1) is 15.2. The van der Waals surface area contributed by atoms with E-state index in [1.807, 2.05) is 0 Å². The van der Waals surface area contributed by atoms with Gasteiger partial charge in [-0.1, -0.05) is 23.7 Å². The van der Waals surface area contributed by atoms with Gasteiger partial charge in [0.15, 0.2) is 0 Å². The Kier molecular flexibility index (Phi) is 4.59. The second-order valence-corrected chi connectivity index (χ2v) is 6.57. The van der Waals surface area contributed by atoms with Crippen molar-refractivity contribution in [1.82, 2.24) is 14.7 Å². The predicted molar refractivity (Wildman–Crippen MR) is 77.2 cm³/mol. The molecule has 1 unspecified atom stereocenters. The van der Waals surface area contributed by atoms with Gasteiger partial charge in [-0.05, 0) is 36.2 Å². The summed E-state index contributed by atoms with van der Waals surface area (Å²) in [4.78, 5) is 7.27. The fourth-order valence-electron chi connectivity index (χ4n) is 1.56. The molecule has 0 radical (unpaired) electrons. The van der Waals surface area contributed by atoms with E-state index in [1.165, 1.54) is 0 Å². The summed E-state index contributed by atoms with van der Waals surface area (Å²) < 4.78 is 26.8. The molecule has 5 nitrogen and oxygen atoms in total. The van der Waals surface area contributed by atoms with E-state index in [2.05, 4.69) is 14.7 Å². The zero-order valence-corrected chi connectivity index (χ0v) is 12.7. The van der Waals surface area contributed by atoms with Gasteiger partial charge in [0, 0.05) is 11.1 Å². The lowest BCUT2D eigenvalue weighted by Crippen LogP contribution is -2.27. The Labute approximate surface area is 127 Å². The number of benzene rings is 1. The minimum absolute atomic E-state index is 0.00491. The molecule has 1 aromatic carbocycles. The molecular weight excluding hydrogens is 321 g/mol. The van der Waals surface area contributed by atoms with Gasteiger partial charge in [0.25, 0.3) is 0 Å². The van der Waals surface area contributed by atoms with E-state index in [9.17, 15) is 8.42 Å². The first-order valence-electron chi connectivity index (χ1n) is 5.64. The Morgan fingerprint density at radius 1 is 1.10 bits per heavy atom. The standard InChI is InChI=1S/C12H11Cl2N3O2S/c1-8(9-2-4-10(13)5-3-9)17-20(18,19)11-6-15-12(14)16-7-11/h2-8,17H,1H3. The largest absolute Gasteiger partial charge is 0.244 e. The lowest BCUT2D eigenvalue weighted by atomic mass is 10.1. The number of nitrogens with zero attached hydrogens (tertiary/aromatic N) is 2. The van der Waals surface area contributed by atoms with Gasteiger partial charge in [-0.3, -0.25) is 0 Å². The van der Waals surface area contributed by atoms with Gasteiger partial charge in [-0.2, -0.15) is 0 Å². The van der Waals surface area contributed by atoms with Crippen molar-refractivity contribution in [3.63, 3.8) is 0 Å². The molecule has 1 aromatic heterocycles. The molecule has 0 aliphatic rings. The van der Waals surface area contributed by atoms with Crippen molar-refractivity contribution in [2.45, 2.75) is 17.9 Å². The molecule has 20 heavy (non-hydrogen) atoms. The van der Waals surface area contributed by atoms with Crippen molar-refractivity contribution in [2.75, 3.05) is 0 Å². The topological polar surface area (TPSA) is 72.0 Å². The van der Waals surface area contributed by atoms with E-state index in [-0.39, 0.29) is 10.2 Å². The highest BCUT2D eigenvalue weighted by atomic mass is 35.5. The summed E-state index contributed by atoms with van der Waals surface area (Å²) in [5.74, 6) is 0. The average Bonchev–Trinajstić information content (AvgIpc) is 2.39. The molecule has 0 saturated carbocycles. The van der Waals surface area contributed by atoms with Crippen molar-refractivity contribution < 1.29 is 8.42 Å². The van der Waals surface area contributed by atoms with Crippen molar-refractivity contribution in [1.29, 1.82) is 0 Å². The van der Waals surface area contributed by atoms with Crippen LogP contribution in [0, 0.1) is 0 Å². The summed E-state index contributed by atoms with van der Waals surface area (Å²) in [6, 6.07) is 6.51. The van der Waals surface area contributed by atoms with Crippen molar-refractivity contribution in [2.24, 2.45) is 0 Å². The molecule has 106 valence electrons. The van der Waals surface area contributed by atoms with E-state index in [0.717, 1.165) is 18.0 Å². The zero-order valence-electron chi connectivity index (χ0n) is 10.4. The maximum absolute atomic E-state index is 12.1. The second kappa shape index (κ2) is 6.05. The minimum atomic E-state index is -3.70. The number of sulfonamides is 1. The lowest BCUT2D eigenvalue weighted by Gasteiger charge is -2.14. The summed E-state index contributed by atoms with van der Waals surface area (Å²) in [6.07, 6.45) is 2.32. The number of nitrogens with one attached hydrogen (secondary N) is 1. The van der Waals surface area contributed by atoms with Crippen LogP contribution in [0.5, 0.6) is 0 Å². The molecule has 0 fully saturated rings. The molecule has 2 rings (SSSR count). The van der Waals surface area contributed by atoms with Crippen LogP contribution in [-0.2, 0) is 10.0 Å². The summed E-state index contributed by atoms with van der Waals surface area (Å²) in [5.41, 5.74) is 0.799. The van der Waals surface area contributed by atoms with E-state index in [0.29, 0.717) is 5.02 Å². The van der Waals surface area contributed by atoms with Crippen LogP contribution in [0.25, 0.3) is 0 Å². The Morgan fingerprint density at radius 3 is 2.20 bits per heavy atom. The zero-order chi connectivity index (χ0) is 14.8. The molecule has 1 atom stereocenters. The van der Waals surface area contributed by atoms with Crippen LogP contribution >= 0.6 is 23.2 Å². The van der Waals surface area contributed by atoms with Gasteiger partial charge in [0.05, 0.1) is 12.4 Å². The van der Waals surface area contributed by atoms with E-state index in [1.54, 1.807) is 31.2 Å². The molecule has 2 aromatic rings. The van der Waals surface area contributed by atoms with Gasteiger partial charge in [-0.15, -0.1) is 0 Å². The average molecular weight is 332 g/mol. The maximum Gasteiger partial charge on any atom is 0.244 e. The van der Waals surface area contributed by atoms with Crippen LogP contribution in [0.4, 0.5) is 0 Å². The van der Waals surface area contributed by atoms with Gasteiger partial charge in [0.2, 0.25) is 15.3 Å². The van der Waals surface area contributed by atoms with Gasteiger partial charge in [-0.25, -0.2) is 23.1 Å². The Bertz CT molecular complexity index is 688.